The lowest BCUT2D eigenvalue weighted by Gasteiger charge is -2.31. The third-order valence-electron chi connectivity index (χ3n) is 6.49. The van der Waals surface area contributed by atoms with Crippen LogP contribution in [0.15, 0.2) is 42.5 Å². The maximum atomic E-state index is 13.4. The quantitative estimate of drug-likeness (QED) is 0.504. The molecule has 6 nitrogen and oxygen atoms in total. The number of carbonyl (C=O) groups is 2. The average Bonchev–Trinajstić information content (AvgIpc) is 2.86. The normalized spacial score (nSPS) is 14.8. The van der Waals surface area contributed by atoms with E-state index in [0.29, 0.717) is 22.9 Å². The molecule has 1 fully saturated rings. The average molecular weight is 487 g/mol. The molecular weight excluding hydrogens is 452 g/mol. The van der Waals surface area contributed by atoms with Crippen LogP contribution < -0.4 is 14.8 Å². The number of nitrogens with one attached hydrogen (secondary N) is 1. The third-order valence-corrected chi connectivity index (χ3v) is 6.86. The zero-order valence-electron chi connectivity index (χ0n) is 20.3. The van der Waals surface area contributed by atoms with E-state index in [9.17, 15) is 9.59 Å². The predicted octanol–water partition coefficient (Wildman–Crippen LogP) is 5.16. The van der Waals surface area contributed by atoms with Gasteiger partial charge < -0.3 is 19.7 Å². The summed E-state index contributed by atoms with van der Waals surface area (Å²) in [7, 11) is 3.18. The highest BCUT2D eigenvalue weighted by Crippen LogP contribution is 2.28. The van der Waals surface area contributed by atoms with Gasteiger partial charge in [0.15, 0.2) is 11.5 Å². The van der Waals surface area contributed by atoms with Gasteiger partial charge in [-0.25, -0.2) is 0 Å². The van der Waals surface area contributed by atoms with E-state index in [1.807, 2.05) is 36.4 Å². The molecule has 1 atom stereocenters. The molecule has 2 amide bonds. The minimum absolute atomic E-state index is 0.0963. The van der Waals surface area contributed by atoms with Crippen LogP contribution in [0.1, 0.15) is 56.6 Å². The largest absolute Gasteiger partial charge is 0.493 e. The van der Waals surface area contributed by atoms with E-state index < -0.39 is 6.04 Å². The molecule has 0 spiro atoms. The lowest BCUT2D eigenvalue weighted by atomic mass is 9.95. The second-order valence-corrected chi connectivity index (χ2v) is 9.23. The molecule has 184 valence electrons. The van der Waals surface area contributed by atoms with Crippen molar-refractivity contribution in [3.05, 3.63) is 58.6 Å². The molecule has 34 heavy (non-hydrogen) atoms. The van der Waals surface area contributed by atoms with Crippen LogP contribution in [0.2, 0.25) is 5.02 Å². The van der Waals surface area contributed by atoms with Gasteiger partial charge in [-0.3, -0.25) is 9.59 Å². The number of halogens is 1. The second kappa shape index (κ2) is 12.7. The first-order chi connectivity index (χ1) is 16.4. The van der Waals surface area contributed by atoms with Crippen molar-refractivity contribution in [2.45, 2.75) is 70.5 Å². The van der Waals surface area contributed by atoms with Crippen LogP contribution in [0.3, 0.4) is 0 Å². The Morgan fingerprint density at radius 2 is 1.76 bits per heavy atom. The number of rotatable bonds is 10. The number of nitrogens with zero attached hydrogens (tertiary/aromatic N) is 1. The number of ether oxygens (including phenoxy) is 2. The number of aryl methyl sites for hydroxylation is 1. The van der Waals surface area contributed by atoms with Crippen LogP contribution in [-0.4, -0.2) is 43.0 Å². The molecule has 2 aromatic carbocycles. The summed E-state index contributed by atoms with van der Waals surface area (Å²) in [5.74, 6) is 1.06. The molecule has 7 heteroatoms. The molecule has 0 heterocycles. The fourth-order valence-corrected chi connectivity index (χ4v) is 4.59. The number of carbonyl (C=O) groups excluding carboxylic acids is 2. The van der Waals surface area contributed by atoms with Gasteiger partial charge >= 0.3 is 0 Å². The highest BCUT2D eigenvalue weighted by atomic mass is 35.5. The first-order valence-electron chi connectivity index (χ1n) is 12.0. The minimum Gasteiger partial charge on any atom is -0.493 e. The summed E-state index contributed by atoms with van der Waals surface area (Å²) in [4.78, 5) is 28.1. The second-order valence-electron chi connectivity index (χ2n) is 8.82. The van der Waals surface area contributed by atoms with Crippen LogP contribution in [-0.2, 0) is 22.6 Å². The molecule has 0 aliphatic heterocycles. The molecule has 0 saturated heterocycles. The van der Waals surface area contributed by atoms with Crippen LogP contribution in [0.4, 0.5) is 0 Å². The van der Waals surface area contributed by atoms with Crippen LogP contribution in [0, 0.1) is 0 Å². The first-order valence-corrected chi connectivity index (χ1v) is 12.3. The molecule has 0 aromatic heterocycles. The van der Waals surface area contributed by atoms with E-state index in [2.05, 4.69) is 5.32 Å². The summed E-state index contributed by atoms with van der Waals surface area (Å²) in [5.41, 5.74) is 1.78. The number of hydrogen-bond acceptors (Lipinski definition) is 4. The summed E-state index contributed by atoms with van der Waals surface area (Å²) >= 11 is 6.38. The molecule has 3 rings (SSSR count). The van der Waals surface area contributed by atoms with Gasteiger partial charge in [0.1, 0.15) is 6.04 Å². The molecule has 1 aliphatic carbocycles. The summed E-state index contributed by atoms with van der Waals surface area (Å²) in [6.45, 7) is 2.08. The molecule has 1 aliphatic rings. The fraction of sp³-hybridized carbons (Fsp3) is 0.481. The highest BCUT2D eigenvalue weighted by molar-refractivity contribution is 6.31. The highest BCUT2D eigenvalue weighted by Gasteiger charge is 2.28. The fourth-order valence-electron chi connectivity index (χ4n) is 4.39. The monoisotopic (exact) mass is 486 g/mol. The van der Waals surface area contributed by atoms with Gasteiger partial charge in [-0.1, -0.05) is 55.1 Å². The van der Waals surface area contributed by atoms with Crippen LogP contribution in [0.25, 0.3) is 0 Å². The Morgan fingerprint density at radius 1 is 1.06 bits per heavy atom. The molecular formula is C27H35ClN2O4. The maximum Gasteiger partial charge on any atom is 0.242 e. The maximum absolute atomic E-state index is 13.4. The van der Waals surface area contributed by atoms with E-state index >= 15 is 0 Å². The van der Waals surface area contributed by atoms with E-state index in [4.69, 9.17) is 21.1 Å². The van der Waals surface area contributed by atoms with E-state index in [1.54, 1.807) is 32.1 Å². The number of benzene rings is 2. The number of methoxy groups -OCH3 is 2. The lowest BCUT2D eigenvalue weighted by Crippen LogP contribution is -2.50. The zero-order chi connectivity index (χ0) is 24.5. The molecule has 0 bridgehead atoms. The standard InChI is InChI=1S/C27H35ClN2O4/c1-19(27(32)29-22-10-5-4-6-11-22)30(18-21-9-7-8-12-23(21)28)26(31)16-14-20-13-15-24(33-2)25(17-20)34-3/h7-9,12-13,15,17,19,22H,4-6,10-11,14,16,18H2,1-3H3,(H,29,32)/t19-/m0/s1. The van der Waals surface area contributed by atoms with Crippen LogP contribution >= 0.6 is 11.6 Å². The topological polar surface area (TPSA) is 67.9 Å². The first kappa shape index (κ1) is 25.9. The van der Waals surface area contributed by atoms with Gasteiger partial charge in [-0.05, 0) is 55.5 Å². The molecule has 2 aromatic rings. The number of amides is 2. The summed E-state index contributed by atoms with van der Waals surface area (Å²) in [5, 5.41) is 3.74. The van der Waals surface area contributed by atoms with Gasteiger partial charge in [-0.15, -0.1) is 0 Å². The van der Waals surface area contributed by atoms with Crippen molar-refractivity contribution in [2.75, 3.05) is 14.2 Å². The number of hydrogen-bond donors (Lipinski definition) is 1. The SMILES string of the molecule is COc1ccc(CCC(=O)N(Cc2ccccc2Cl)[C@@H](C)C(=O)NC2CCCCC2)cc1OC. The van der Waals surface area contributed by atoms with Crippen molar-refractivity contribution in [1.29, 1.82) is 0 Å². The lowest BCUT2D eigenvalue weighted by molar-refractivity contribution is -0.141. The molecule has 0 radical (unpaired) electrons. The smallest absolute Gasteiger partial charge is 0.242 e. The van der Waals surface area contributed by atoms with Gasteiger partial charge in [0, 0.05) is 24.0 Å². The molecule has 1 N–H and O–H groups in total. The predicted molar refractivity (Wildman–Crippen MR) is 134 cm³/mol. The molecule has 1 saturated carbocycles. The van der Waals surface area contributed by atoms with Crippen molar-refractivity contribution in [1.82, 2.24) is 10.2 Å². The Bertz CT molecular complexity index is 975. The van der Waals surface area contributed by atoms with Gasteiger partial charge in [0.2, 0.25) is 11.8 Å². The van der Waals surface area contributed by atoms with Gasteiger partial charge in [-0.2, -0.15) is 0 Å². The Labute approximate surface area is 207 Å². The van der Waals surface area contributed by atoms with Crippen molar-refractivity contribution in [3.63, 3.8) is 0 Å². The Balaban J connectivity index is 1.73. The van der Waals surface area contributed by atoms with E-state index in [0.717, 1.165) is 36.8 Å². The molecule has 0 unspecified atom stereocenters. The van der Waals surface area contributed by atoms with E-state index in [-0.39, 0.29) is 30.8 Å². The summed E-state index contributed by atoms with van der Waals surface area (Å²) in [6.07, 6.45) is 6.26. The summed E-state index contributed by atoms with van der Waals surface area (Å²) < 4.78 is 10.7. The van der Waals surface area contributed by atoms with Crippen molar-refractivity contribution in [3.8, 4) is 11.5 Å². The van der Waals surface area contributed by atoms with Crippen molar-refractivity contribution >= 4 is 23.4 Å². The van der Waals surface area contributed by atoms with Gasteiger partial charge in [0.05, 0.1) is 14.2 Å². The Morgan fingerprint density at radius 3 is 2.44 bits per heavy atom. The van der Waals surface area contributed by atoms with Crippen LogP contribution in [0.5, 0.6) is 11.5 Å². The Hall–Kier alpha value is -2.73. The van der Waals surface area contributed by atoms with Gasteiger partial charge in [0.25, 0.3) is 0 Å². The summed E-state index contributed by atoms with van der Waals surface area (Å²) in [6, 6.07) is 12.7. The third kappa shape index (κ3) is 6.89. The van der Waals surface area contributed by atoms with Crippen molar-refractivity contribution < 1.29 is 19.1 Å². The van der Waals surface area contributed by atoms with Crippen molar-refractivity contribution in [2.24, 2.45) is 0 Å². The minimum atomic E-state index is -0.601. The van der Waals surface area contributed by atoms with E-state index in [1.165, 1.54) is 6.42 Å². The zero-order valence-corrected chi connectivity index (χ0v) is 21.1. The Kier molecular flexibility index (Phi) is 9.63.